The molecule has 0 spiro atoms. The molecule has 192 valence electrons. The lowest BCUT2D eigenvalue weighted by atomic mass is 10.1. The number of anilines is 1. The van der Waals surface area contributed by atoms with Crippen LogP contribution in [-0.4, -0.2) is 44.2 Å². The van der Waals surface area contributed by atoms with Crippen LogP contribution >= 0.6 is 11.8 Å². The van der Waals surface area contributed by atoms with Crippen molar-refractivity contribution in [3.8, 4) is 22.8 Å². The number of amides is 1. The van der Waals surface area contributed by atoms with Crippen LogP contribution in [0.3, 0.4) is 0 Å². The number of hydrogen-bond donors (Lipinski definition) is 0. The van der Waals surface area contributed by atoms with E-state index in [-0.39, 0.29) is 11.7 Å². The maximum absolute atomic E-state index is 12.4. The van der Waals surface area contributed by atoms with Gasteiger partial charge in [0, 0.05) is 5.56 Å². The summed E-state index contributed by atoms with van der Waals surface area (Å²) in [6, 6.07) is 20.2. The molecule has 0 aliphatic carbocycles. The topological polar surface area (TPSA) is 85.0 Å². The van der Waals surface area contributed by atoms with E-state index >= 15 is 0 Å². The van der Waals surface area contributed by atoms with E-state index < -0.39 is 6.36 Å². The fourth-order valence-electron chi connectivity index (χ4n) is 3.67. The molecule has 1 fully saturated rings. The Hall–Kier alpha value is -4.45. The summed E-state index contributed by atoms with van der Waals surface area (Å²) in [5, 5.41) is 13.4. The summed E-state index contributed by atoms with van der Waals surface area (Å²) >= 11 is 1.34. The lowest BCUT2D eigenvalue weighted by Gasteiger charge is -2.17. The summed E-state index contributed by atoms with van der Waals surface area (Å²) in [4.78, 5) is 18.3. The van der Waals surface area contributed by atoms with Gasteiger partial charge < -0.3 is 4.74 Å². The fraction of sp³-hybridized carbons (Fsp3) is 0.115. The minimum Gasteiger partial charge on any atom is -0.406 e. The van der Waals surface area contributed by atoms with Gasteiger partial charge in [0.1, 0.15) is 12.1 Å². The number of aromatic nitrogens is 3. The summed E-state index contributed by atoms with van der Waals surface area (Å²) in [6.45, 7) is 1.94. The second-order valence-electron chi connectivity index (χ2n) is 8.11. The van der Waals surface area contributed by atoms with Crippen LogP contribution < -0.4 is 9.64 Å². The van der Waals surface area contributed by atoms with Crippen LogP contribution in [0.5, 0.6) is 5.75 Å². The van der Waals surface area contributed by atoms with E-state index in [0.29, 0.717) is 22.4 Å². The average molecular weight is 537 g/mol. The second-order valence-corrected chi connectivity index (χ2v) is 9.05. The number of alkyl halides is 3. The smallest absolute Gasteiger partial charge is 0.406 e. The molecule has 5 rings (SSSR count). The van der Waals surface area contributed by atoms with E-state index in [4.69, 9.17) is 0 Å². The van der Waals surface area contributed by atoms with Crippen LogP contribution in [0, 0.1) is 6.92 Å². The molecule has 1 saturated heterocycles. The van der Waals surface area contributed by atoms with Gasteiger partial charge in [0.25, 0.3) is 0 Å². The van der Waals surface area contributed by atoms with Gasteiger partial charge in [-0.1, -0.05) is 54.2 Å². The number of nitrogens with zero attached hydrogens (tertiary/aromatic N) is 6. The molecule has 0 radical (unpaired) electrons. The Kier molecular flexibility index (Phi) is 6.97. The molecule has 38 heavy (non-hydrogen) atoms. The second kappa shape index (κ2) is 10.5. The average Bonchev–Trinajstić information content (AvgIpc) is 3.52. The predicted octanol–water partition coefficient (Wildman–Crippen LogP) is 5.61. The van der Waals surface area contributed by atoms with Crippen molar-refractivity contribution in [3.05, 3.63) is 90.3 Å². The number of thioether (sulfide) groups is 1. The molecule has 0 unspecified atom stereocenters. The Morgan fingerprint density at radius 1 is 1.03 bits per heavy atom. The fourth-order valence-corrected chi connectivity index (χ4v) is 4.49. The number of benzene rings is 3. The third-order valence-electron chi connectivity index (χ3n) is 5.47. The van der Waals surface area contributed by atoms with Gasteiger partial charge in [-0.25, -0.2) is 9.67 Å². The first-order chi connectivity index (χ1) is 18.3. The zero-order chi connectivity index (χ0) is 26.7. The highest BCUT2D eigenvalue weighted by Gasteiger charge is 2.31. The van der Waals surface area contributed by atoms with Crippen molar-refractivity contribution in [2.45, 2.75) is 13.3 Å². The number of halogens is 3. The van der Waals surface area contributed by atoms with E-state index in [1.54, 1.807) is 11.1 Å². The van der Waals surface area contributed by atoms with Gasteiger partial charge in [-0.2, -0.15) is 5.10 Å². The minimum absolute atomic E-state index is 0.0416. The summed E-state index contributed by atoms with van der Waals surface area (Å²) in [5.74, 6) is 0.395. The zero-order valence-electron chi connectivity index (χ0n) is 19.8. The minimum atomic E-state index is -4.75. The molecule has 1 aromatic heterocycles. The molecule has 3 aromatic carbocycles. The third kappa shape index (κ3) is 5.75. The van der Waals surface area contributed by atoms with Crippen molar-refractivity contribution < 1.29 is 22.7 Å². The number of para-hydroxylation sites is 1. The van der Waals surface area contributed by atoms with Crippen LogP contribution in [0.1, 0.15) is 11.1 Å². The lowest BCUT2D eigenvalue weighted by Crippen LogP contribution is -2.29. The number of carbonyl (C=O) groups is 1. The predicted molar refractivity (Wildman–Crippen MR) is 140 cm³/mol. The molecular weight excluding hydrogens is 517 g/mol. The number of aryl methyl sites for hydroxylation is 1. The largest absolute Gasteiger partial charge is 0.573 e. The Bertz CT molecular complexity index is 1520. The number of hydrogen-bond acceptors (Lipinski definition) is 7. The summed E-state index contributed by atoms with van der Waals surface area (Å²) in [6.07, 6.45) is -1.68. The van der Waals surface area contributed by atoms with Gasteiger partial charge in [-0.3, -0.25) is 9.69 Å². The number of rotatable bonds is 6. The molecule has 4 aromatic rings. The molecule has 1 amide bonds. The summed E-state index contributed by atoms with van der Waals surface area (Å²) in [7, 11) is 0. The molecule has 0 bridgehead atoms. The normalized spacial score (nSPS) is 15.1. The molecule has 1 aliphatic rings. The number of carbonyl (C=O) groups excluding carboxylic acids is 1. The number of amidine groups is 1. The molecule has 2 heterocycles. The first kappa shape index (κ1) is 25.2. The van der Waals surface area contributed by atoms with E-state index in [9.17, 15) is 18.0 Å². The standard InChI is InChI=1S/C26H19F3N6O2S/c1-17-4-2-3-5-22(17)35-23(36)15-38-25(35)32-31-14-18-6-8-19(9-7-18)24-30-16-34(33-24)20-10-12-21(13-11-20)37-26(27,28)29/h2-14,16H,15H2,1H3/b31-14+,32-25-. The van der Waals surface area contributed by atoms with Crippen LogP contribution in [0.25, 0.3) is 17.1 Å². The Morgan fingerprint density at radius 3 is 2.47 bits per heavy atom. The molecule has 8 nitrogen and oxygen atoms in total. The van der Waals surface area contributed by atoms with E-state index in [1.807, 2.05) is 55.5 Å². The highest BCUT2D eigenvalue weighted by Crippen LogP contribution is 2.29. The van der Waals surface area contributed by atoms with Crippen molar-refractivity contribution in [1.29, 1.82) is 0 Å². The van der Waals surface area contributed by atoms with E-state index in [2.05, 4.69) is 25.0 Å². The Labute approximate surface area is 219 Å². The monoisotopic (exact) mass is 536 g/mol. The van der Waals surface area contributed by atoms with Gasteiger partial charge in [0.05, 0.1) is 23.3 Å². The zero-order valence-corrected chi connectivity index (χ0v) is 20.6. The SMILES string of the molecule is Cc1ccccc1N1C(=O)CS/C1=N\N=C\c1ccc(-c2ncn(-c3ccc(OC(F)(F)F)cc3)n2)cc1. The van der Waals surface area contributed by atoms with Gasteiger partial charge in [0.15, 0.2) is 11.0 Å². The van der Waals surface area contributed by atoms with Crippen molar-refractivity contribution in [1.82, 2.24) is 14.8 Å². The highest BCUT2D eigenvalue weighted by atomic mass is 32.2. The van der Waals surface area contributed by atoms with E-state index in [1.165, 1.54) is 47.0 Å². The number of ether oxygens (including phenoxy) is 1. The van der Waals surface area contributed by atoms with Crippen molar-refractivity contribution >= 4 is 34.7 Å². The Balaban J connectivity index is 1.26. The van der Waals surface area contributed by atoms with Crippen LogP contribution in [0.15, 0.2) is 89.3 Å². The van der Waals surface area contributed by atoms with Gasteiger partial charge in [-0.05, 0) is 48.4 Å². The molecule has 0 atom stereocenters. The first-order valence-electron chi connectivity index (χ1n) is 11.3. The molecular formula is C26H19F3N6O2S. The van der Waals surface area contributed by atoms with Crippen LogP contribution in [0.4, 0.5) is 18.9 Å². The van der Waals surface area contributed by atoms with Crippen molar-refractivity contribution in [2.24, 2.45) is 10.2 Å². The van der Waals surface area contributed by atoms with Gasteiger partial charge in [-0.15, -0.1) is 23.4 Å². The third-order valence-corrected chi connectivity index (χ3v) is 6.38. The van der Waals surface area contributed by atoms with Crippen LogP contribution in [-0.2, 0) is 4.79 Å². The maximum Gasteiger partial charge on any atom is 0.573 e. The van der Waals surface area contributed by atoms with Crippen molar-refractivity contribution in [2.75, 3.05) is 10.7 Å². The molecule has 0 saturated carbocycles. The maximum atomic E-state index is 12.4. The molecule has 12 heteroatoms. The summed E-state index contributed by atoms with van der Waals surface area (Å²) in [5.41, 5.74) is 3.82. The van der Waals surface area contributed by atoms with Crippen LogP contribution in [0.2, 0.25) is 0 Å². The quantitative estimate of drug-likeness (QED) is 0.236. The van der Waals surface area contributed by atoms with Crippen molar-refractivity contribution in [3.63, 3.8) is 0 Å². The molecule has 1 aliphatic heterocycles. The highest BCUT2D eigenvalue weighted by molar-refractivity contribution is 8.15. The van der Waals surface area contributed by atoms with Gasteiger partial charge in [0.2, 0.25) is 5.91 Å². The van der Waals surface area contributed by atoms with Gasteiger partial charge >= 0.3 is 6.36 Å². The first-order valence-corrected chi connectivity index (χ1v) is 12.3. The van der Waals surface area contributed by atoms with E-state index in [0.717, 1.165) is 22.4 Å². The summed E-state index contributed by atoms with van der Waals surface area (Å²) < 4.78 is 42.4. The lowest BCUT2D eigenvalue weighted by molar-refractivity contribution is -0.274. The molecule has 0 N–H and O–H groups in total. The Morgan fingerprint density at radius 2 is 1.76 bits per heavy atom.